The fourth-order valence-corrected chi connectivity index (χ4v) is 4.57. The standard InChI is InChI=1S/C16H24N2S/c1-12(17)13-6-9-18(10-7-13)15-8-11-19-16-5-3-2-4-14(15)16/h2-5,12-13,15H,6-11,17H2,1H3. The van der Waals surface area contributed by atoms with Gasteiger partial charge in [0.15, 0.2) is 0 Å². The summed E-state index contributed by atoms with van der Waals surface area (Å²) in [7, 11) is 0. The molecule has 1 saturated heterocycles. The second-order valence-electron chi connectivity index (χ2n) is 5.92. The SMILES string of the molecule is CC(N)C1CCN(C2CCSc3ccccc32)CC1. The van der Waals surface area contributed by atoms with E-state index in [0.29, 0.717) is 12.1 Å². The highest BCUT2D eigenvalue weighted by molar-refractivity contribution is 7.99. The Morgan fingerprint density at radius 1 is 1.21 bits per heavy atom. The lowest BCUT2D eigenvalue weighted by Gasteiger charge is -2.40. The average Bonchev–Trinajstić information content (AvgIpc) is 2.47. The molecule has 2 nitrogen and oxygen atoms in total. The number of piperidine rings is 1. The number of thioether (sulfide) groups is 1. The maximum atomic E-state index is 6.05. The Hall–Kier alpha value is -0.510. The molecule has 0 bridgehead atoms. The fraction of sp³-hybridized carbons (Fsp3) is 0.625. The minimum absolute atomic E-state index is 0.358. The van der Waals surface area contributed by atoms with Crippen molar-refractivity contribution in [1.29, 1.82) is 0 Å². The number of fused-ring (bicyclic) bond motifs is 1. The van der Waals surface area contributed by atoms with Gasteiger partial charge in [0, 0.05) is 17.0 Å². The molecule has 0 spiro atoms. The van der Waals surface area contributed by atoms with Gasteiger partial charge in [-0.15, -0.1) is 11.8 Å². The number of nitrogens with two attached hydrogens (primary N) is 1. The molecule has 2 aliphatic heterocycles. The van der Waals surface area contributed by atoms with Crippen LogP contribution in [0.1, 0.15) is 37.8 Å². The first-order valence-electron chi connectivity index (χ1n) is 7.47. The van der Waals surface area contributed by atoms with Crippen molar-refractivity contribution in [2.24, 2.45) is 11.7 Å². The van der Waals surface area contributed by atoms with Crippen LogP contribution in [-0.4, -0.2) is 29.8 Å². The van der Waals surface area contributed by atoms with Crippen molar-refractivity contribution < 1.29 is 0 Å². The molecule has 0 aliphatic carbocycles. The van der Waals surface area contributed by atoms with Crippen LogP contribution in [0.4, 0.5) is 0 Å². The number of nitrogens with zero attached hydrogens (tertiary/aromatic N) is 1. The van der Waals surface area contributed by atoms with E-state index in [1.165, 1.54) is 43.0 Å². The van der Waals surface area contributed by atoms with Crippen molar-refractivity contribution in [1.82, 2.24) is 4.90 Å². The van der Waals surface area contributed by atoms with Crippen LogP contribution in [-0.2, 0) is 0 Å². The third-order valence-corrected chi connectivity index (χ3v) is 5.81. The average molecular weight is 276 g/mol. The third kappa shape index (κ3) is 2.83. The Morgan fingerprint density at radius 2 is 1.95 bits per heavy atom. The van der Waals surface area contributed by atoms with E-state index < -0.39 is 0 Å². The van der Waals surface area contributed by atoms with Crippen LogP contribution >= 0.6 is 11.8 Å². The first-order chi connectivity index (χ1) is 9.25. The van der Waals surface area contributed by atoms with Gasteiger partial charge in [0.25, 0.3) is 0 Å². The minimum atomic E-state index is 0.358. The van der Waals surface area contributed by atoms with E-state index in [-0.39, 0.29) is 0 Å². The second kappa shape index (κ2) is 5.86. The van der Waals surface area contributed by atoms with Crippen LogP contribution in [0.3, 0.4) is 0 Å². The van der Waals surface area contributed by atoms with Crippen LogP contribution in [0, 0.1) is 5.92 Å². The normalized spacial score (nSPS) is 26.9. The van der Waals surface area contributed by atoms with Crippen LogP contribution in [0.25, 0.3) is 0 Å². The molecule has 3 rings (SSSR count). The van der Waals surface area contributed by atoms with Crippen molar-refractivity contribution >= 4 is 11.8 Å². The minimum Gasteiger partial charge on any atom is -0.328 e. The summed E-state index contributed by atoms with van der Waals surface area (Å²) in [5.41, 5.74) is 7.60. The number of hydrogen-bond acceptors (Lipinski definition) is 3. The van der Waals surface area contributed by atoms with Gasteiger partial charge in [-0.05, 0) is 62.6 Å². The van der Waals surface area contributed by atoms with E-state index in [4.69, 9.17) is 5.73 Å². The summed E-state index contributed by atoms with van der Waals surface area (Å²) in [6.45, 7) is 4.60. The molecular formula is C16H24N2S. The largest absolute Gasteiger partial charge is 0.328 e. The molecule has 2 N–H and O–H groups in total. The summed E-state index contributed by atoms with van der Waals surface area (Å²) in [5.74, 6) is 1.99. The molecule has 3 heteroatoms. The molecule has 0 saturated carbocycles. The highest BCUT2D eigenvalue weighted by Gasteiger charge is 2.30. The Kier molecular flexibility index (Phi) is 4.15. The number of rotatable bonds is 2. The molecule has 1 fully saturated rings. The monoisotopic (exact) mass is 276 g/mol. The summed E-state index contributed by atoms with van der Waals surface area (Å²) < 4.78 is 0. The zero-order valence-corrected chi connectivity index (χ0v) is 12.5. The van der Waals surface area contributed by atoms with E-state index >= 15 is 0 Å². The van der Waals surface area contributed by atoms with Crippen LogP contribution in [0.2, 0.25) is 0 Å². The zero-order valence-electron chi connectivity index (χ0n) is 11.7. The topological polar surface area (TPSA) is 29.3 Å². The van der Waals surface area contributed by atoms with Gasteiger partial charge in [-0.2, -0.15) is 0 Å². The van der Waals surface area contributed by atoms with Gasteiger partial charge in [-0.3, -0.25) is 4.90 Å². The molecule has 2 aliphatic rings. The predicted octanol–water partition coefficient (Wildman–Crippen LogP) is 3.28. The van der Waals surface area contributed by atoms with E-state index in [2.05, 4.69) is 36.1 Å². The highest BCUT2D eigenvalue weighted by atomic mass is 32.2. The molecule has 2 atom stereocenters. The van der Waals surface area contributed by atoms with E-state index in [1.54, 1.807) is 5.56 Å². The Morgan fingerprint density at radius 3 is 2.68 bits per heavy atom. The summed E-state index contributed by atoms with van der Waals surface area (Å²) in [6, 6.07) is 9.95. The maximum absolute atomic E-state index is 6.05. The van der Waals surface area contributed by atoms with Crippen molar-refractivity contribution in [3.8, 4) is 0 Å². The lowest BCUT2D eigenvalue weighted by molar-refractivity contribution is 0.120. The molecule has 0 radical (unpaired) electrons. The summed E-state index contributed by atoms with van der Waals surface area (Å²) in [5, 5.41) is 0. The lowest BCUT2D eigenvalue weighted by Crippen LogP contribution is -2.42. The molecule has 1 aromatic rings. The summed E-state index contributed by atoms with van der Waals surface area (Å²) in [4.78, 5) is 4.19. The van der Waals surface area contributed by atoms with Crippen LogP contribution in [0.5, 0.6) is 0 Å². The van der Waals surface area contributed by atoms with Crippen LogP contribution < -0.4 is 5.73 Å². The molecule has 104 valence electrons. The quantitative estimate of drug-likeness (QED) is 0.899. The van der Waals surface area contributed by atoms with E-state index in [0.717, 1.165) is 5.92 Å². The second-order valence-corrected chi connectivity index (χ2v) is 7.06. The van der Waals surface area contributed by atoms with Gasteiger partial charge < -0.3 is 5.73 Å². The highest BCUT2D eigenvalue weighted by Crippen LogP contribution is 2.40. The molecule has 2 heterocycles. The molecule has 19 heavy (non-hydrogen) atoms. The van der Waals surface area contributed by atoms with Crippen molar-refractivity contribution in [3.05, 3.63) is 29.8 Å². The first kappa shape index (κ1) is 13.5. The van der Waals surface area contributed by atoms with Crippen LogP contribution in [0.15, 0.2) is 29.2 Å². The smallest absolute Gasteiger partial charge is 0.0367 e. The van der Waals surface area contributed by atoms with Gasteiger partial charge in [0.1, 0.15) is 0 Å². The maximum Gasteiger partial charge on any atom is 0.0367 e. The number of benzene rings is 1. The molecule has 1 aromatic carbocycles. The van der Waals surface area contributed by atoms with Gasteiger partial charge in [-0.1, -0.05) is 18.2 Å². The van der Waals surface area contributed by atoms with Gasteiger partial charge in [-0.25, -0.2) is 0 Å². The third-order valence-electron chi connectivity index (χ3n) is 4.69. The summed E-state index contributed by atoms with van der Waals surface area (Å²) >= 11 is 2.02. The Labute approximate surface area is 120 Å². The van der Waals surface area contributed by atoms with Gasteiger partial charge >= 0.3 is 0 Å². The fourth-order valence-electron chi connectivity index (χ4n) is 3.46. The van der Waals surface area contributed by atoms with Crippen molar-refractivity contribution in [2.75, 3.05) is 18.8 Å². The van der Waals surface area contributed by atoms with Gasteiger partial charge in [0.2, 0.25) is 0 Å². The zero-order chi connectivity index (χ0) is 13.2. The Balaban J connectivity index is 1.71. The first-order valence-corrected chi connectivity index (χ1v) is 8.45. The van der Waals surface area contributed by atoms with E-state index in [9.17, 15) is 0 Å². The molecule has 0 amide bonds. The van der Waals surface area contributed by atoms with Gasteiger partial charge in [0.05, 0.1) is 0 Å². The molecule has 2 unspecified atom stereocenters. The number of hydrogen-bond donors (Lipinski definition) is 1. The summed E-state index contributed by atoms with van der Waals surface area (Å²) in [6.07, 6.45) is 3.83. The predicted molar refractivity (Wildman–Crippen MR) is 82.5 cm³/mol. The molecule has 0 aromatic heterocycles. The van der Waals surface area contributed by atoms with Crippen molar-refractivity contribution in [2.45, 2.75) is 43.2 Å². The lowest BCUT2D eigenvalue weighted by atomic mass is 9.89. The van der Waals surface area contributed by atoms with Crippen molar-refractivity contribution in [3.63, 3.8) is 0 Å². The van der Waals surface area contributed by atoms with E-state index in [1.807, 2.05) is 11.8 Å². The Bertz CT molecular complexity index is 425. The molecular weight excluding hydrogens is 252 g/mol. The number of likely N-dealkylation sites (tertiary alicyclic amines) is 1.